The van der Waals surface area contributed by atoms with Crippen molar-refractivity contribution in [3.8, 4) is 11.4 Å². The van der Waals surface area contributed by atoms with Gasteiger partial charge >= 0.3 is 0 Å². The van der Waals surface area contributed by atoms with Gasteiger partial charge in [0, 0.05) is 27.7 Å². The first kappa shape index (κ1) is 11.9. The van der Waals surface area contributed by atoms with Crippen molar-refractivity contribution < 1.29 is 0 Å². The molecule has 0 aliphatic heterocycles. The molecule has 1 aliphatic carbocycles. The zero-order valence-electron chi connectivity index (χ0n) is 9.53. The normalized spacial score (nSPS) is 14.8. The number of anilines is 1. The summed E-state index contributed by atoms with van der Waals surface area (Å²) < 4.78 is 0.945. The van der Waals surface area contributed by atoms with Gasteiger partial charge in [0.05, 0.1) is 5.02 Å². The van der Waals surface area contributed by atoms with E-state index in [0.717, 1.165) is 15.7 Å². The monoisotopic (exact) mass is 323 g/mol. The summed E-state index contributed by atoms with van der Waals surface area (Å²) in [6.07, 6.45) is 2.37. The number of rotatable bonds is 2. The van der Waals surface area contributed by atoms with Gasteiger partial charge in [-0.1, -0.05) is 27.5 Å². The highest BCUT2D eigenvalue weighted by Gasteiger charge is 2.26. The fraction of sp³-hybridized carbons (Fsp3) is 0.231. The lowest BCUT2D eigenvalue weighted by molar-refractivity contribution is 0.998. The van der Waals surface area contributed by atoms with Crippen molar-refractivity contribution in [1.29, 1.82) is 0 Å². The van der Waals surface area contributed by atoms with Crippen molar-refractivity contribution >= 4 is 33.3 Å². The number of hydrogen-bond donors (Lipinski definition) is 1. The molecule has 1 saturated carbocycles. The number of aromatic nitrogens is 2. The second-order valence-electron chi connectivity index (χ2n) is 4.44. The smallest absolute Gasteiger partial charge is 0.163 e. The lowest BCUT2D eigenvalue weighted by Gasteiger charge is -2.07. The molecule has 92 valence electrons. The third-order valence-corrected chi connectivity index (χ3v) is 3.75. The molecule has 0 unspecified atom stereocenters. The summed E-state index contributed by atoms with van der Waals surface area (Å²) in [6, 6.07) is 7.48. The van der Waals surface area contributed by atoms with Crippen LogP contribution in [0.5, 0.6) is 0 Å². The summed E-state index contributed by atoms with van der Waals surface area (Å²) in [5.74, 6) is 1.64. The van der Waals surface area contributed by atoms with Gasteiger partial charge in [0.2, 0.25) is 0 Å². The van der Waals surface area contributed by atoms with E-state index in [1.165, 1.54) is 12.8 Å². The van der Waals surface area contributed by atoms with E-state index in [0.29, 0.717) is 22.6 Å². The molecule has 0 atom stereocenters. The van der Waals surface area contributed by atoms with E-state index in [9.17, 15) is 0 Å². The largest absolute Gasteiger partial charge is 0.384 e. The second-order valence-corrected chi connectivity index (χ2v) is 5.76. The van der Waals surface area contributed by atoms with Crippen LogP contribution in [0.4, 0.5) is 5.82 Å². The summed E-state index contributed by atoms with van der Waals surface area (Å²) in [4.78, 5) is 8.85. The molecule has 0 radical (unpaired) electrons. The molecule has 0 bridgehead atoms. The molecule has 2 aromatic rings. The van der Waals surface area contributed by atoms with Crippen molar-refractivity contribution in [3.05, 3.63) is 39.5 Å². The topological polar surface area (TPSA) is 51.8 Å². The maximum Gasteiger partial charge on any atom is 0.163 e. The van der Waals surface area contributed by atoms with Crippen molar-refractivity contribution in [2.45, 2.75) is 18.8 Å². The summed E-state index contributed by atoms with van der Waals surface area (Å²) in [6.45, 7) is 0. The lowest BCUT2D eigenvalue weighted by atomic mass is 10.2. The van der Waals surface area contributed by atoms with Crippen LogP contribution in [-0.4, -0.2) is 9.97 Å². The number of nitrogens with two attached hydrogens (primary N) is 1. The molecular weight excluding hydrogens is 314 g/mol. The van der Waals surface area contributed by atoms with Crippen LogP contribution in [0.3, 0.4) is 0 Å². The summed E-state index contributed by atoms with van der Waals surface area (Å²) in [5, 5.41) is 0.630. The van der Waals surface area contributed by atoms with Crippen LogP contribution in [-0.2, 0) is 0 Å². The minimum absolute atomic E-state index is 0.498. The van der Waals surface area contributed by atoms with Gasteiger partial charge in [-0.3, -0.25) is 0 Å². The zero-order chi connectivity index (χ0) is 12.7. The van der Waals surface area contributed by atoms with Gasteiger partial charge in [0.15, 0.2) is 5.82 Å². The Hall–Kier alpha value is -1.13. The van der Waals surface area contributed by atoms with Gasteiger partial charge in [0.25, 0.3) is 0 Å². The molecule has 1 aromatic carbocycles. The summed E-state index contributed by atoms with van der Waals surface area (Å²) >= 11 is 9.62. The predicted molar refractivity (Wildman–Crippen MR) is 76.6 cm³/mol. The molecular formula is C13H11BrClN3. The Morgan fingerprint density at radius 2 is 2.00 bits per heavy atom. The number of nitrogen functional groups attached to an aromatic ring is 1. The van der Waals surface area contributed by atoms with Crippen LogP contribution in [0.2, 0.25) is 5.02 Å². The van der Waals surface area contributed by atoms with Crippen LogP contribution in [0.25, 0.3) is 11.4 Å². The van der Waals surface area contributed by atoms with Crippen molar-refractivity contribution in [3.63, 3.8) is 0 Å². The average molecular weight is 325 g/mol. The Labute approximate surface area is 119 Å². The van der Waals surface area contributed by atoms with Crippen LogP contribution in [0.15, 0.2) is 28.7 Å². The van der Waals surface area contributed by atoms with Crippen LogP contribution in [0.1, 0.15) is 24.5 Å². The summed E-state index contributed by atoms with van der Waals surface area (Å²) in [5.41, 5.74) is 7.67. The van der Waals surface area contributed by atoms with E-state index >= 15 is 0 Å². The number of benzene rings is 1. The molecule has 1 aromatic heterocycles. The van der Waals surface area contributed by atoms with Crippen molar-refractivity contribution in [2.24, 2.45) is 0 Å². The molecule has 5 heteroatoms. The van der Waals surface area contributed by atoms with Crippen molar-refractivity contribution in [1.82, 2.24) is 9.97 Å². The van der Waals surface area contributed by atoms with E-state index in [4.69, 9.17) is 17.3 Å². The molecule has 3 nitrogen and oxygen atoms in total. The van der Waals surface area contributed by atoms with Gasteiger partial charge in [-0.05, 0) is 31.0 Å². The van der Waals surface area contributed by atoms with Gasteiger partial charge in [-0.2, -0.15) is 0 Å². The molecule has 1 fully saturated rings. The first-order valence-corrected chi connectivity index (χ1v) is 6.90. The minimum atomic E-state index is 0.498. The van der Waals surface area contributed by atoms with Crippen LogP contribution in [0, 0.1) is 0 Å². The fourth-order valence-corrected chi connectivity index (χ4v) is 2.43. The highest BCUT2D eigenvalue weighted by Crippen LogP contribution is 2.40. The van der Waals surface area contributed by atoms with E-state index in [2.05, 4.69) is 25.9 Å². The third kappa shape index (κ3) is 2.35. The van der Waals surface area contributed by atoms with Crippen LogP contribution >= 0.6 is 27.5 Å². The number of halogens is 2. The Kier molecular flexibility index (Phi) is 2.99. The fourth-order valence-electron chi connectivity index (χ4n) is 1.86. The second kappa shape index (κ2) is 4.52. The van der Waals surface area contributed by atoms with E-state index in [1.54, 1.807) is 0 Å². The molecule has 2 N–H and O–H groups in total. The highest BCUT2D eigenvalue weighted by molar-refractivity contribution is 9.10. The molecule has 3 rings (SSSR count). The molecule has 0 spiro atoms. The summed E-state index contributed by atoms with van der Waals surface area (Å²) in [7, 11) is 0. The quantitative estimate of drug-likeness (QED) is 0.907. The predicted octanol–water partition coefficient (Wildman–Crippen LogP) is 4.02. The van der Waals surface area contributed by atoms with Crippen LogP contribution < -0.4 is 5.73 Å². The van der Waals surface area contributed by atoms with Gasteiger partial charge in [-0.15, -0.1) is 0 Å². The van der Waals surface area contributed by atoms with Gasteiger partial charge < -0.3 is 5.73 Å². The maximum absolute atomic E-state index is 6.19. The van der Waals surface area contributed by atoms with Gasteiger partial charge in [-0.25, -0.2) is 9.97 Å². The molecule has 1 aliphatic rings. The molecule has 1 heterocycles. The first-order chi connectivity index (χ1) is 8.63. The van der Waals surface area contributed by atoms with E-state index in [1.807, 2.05) is 24.3 Å². The first-order valence-electron chi connectivity index (χ1n) is 5.73. The molecule has 0 saturated heterocycles. The zero-order valence-corrected chi connectivity index (χ0v) is 11.9. The molecule has 0 amide bonds. The maximum atomic E-state index is 6.19. The number of hydrogen-bond acceptors (Lipinski definition) is 3. The average Bonchev–Trinajstić information content (AvgIpc) is 3.15. The standard InChI is InChI=1S/C13H11BrClN3/c14-8-3-4-10(15)9(5-8)13-17-11(7-1-2-7)6-12(16)18-13/h3-7H,1-2H2,(H2,16,17,18). The Bertz CT molecular complexity index is 611. The molecule has 18 heavy (non-hydrogen) atoms. The van der Waals surface area contributed by atoms with E-state index < -0.39 is 0 Å². The van der Waals surface area contributed by atoms with E-state index in [-0.39, 0.29) is 0 Å². The Morgan fingerprint density at radius 1 is 1.22 bits per heavy atom. The highest BCUT2D eigenvalue weighted by atomic mass is 79.9. The van der Waals surface area contributed by atoms with Gasteiger partial charge in [0.1, 0.15) is 5.82 Å². The Morgan fingerprint density at radius 3 is 2.72 bits per heavy atom. The SMILES string of the molecule is Nc1cc(C2CC2)nc(-c2cc(Br)ccc2Cl)n1. The van der Waals surface area contributed by atoms with Crippen molar-refractivity contribution in [2.75, 3.05) is 5.73 Å². The minimum Gasteiger partial charge on any atom is -0.384 e. The Balaban J connectivity index is 2.12. The lowest BCUT2D eigenvalue weighted by Crippen LogP contribution is -1.99. The number of nitrogens with zero attached hydrogens (tertiary/aromatic N) is 2. The third-order valence-electron chi connectivity index (χ3n) is 2.93.